The van der Waals surface area contributed by atoms with E-state index in [0.29, 0.717) is 6.54 Å². The molecule has 2 aliphatic rings. The lowest BCUT2D eigenvalue weighted by Gasteiger charge is -2.27. The van der Waals surface area contributed by atoms with E-state index in [2.05, 4.69) is 15.0 Å². The Morgan fingerprint density at radius 1 is 1.04 bits per heavy atom. The summed E-state index contributed by atoms with van der Waals surface area (Å²) in [5, 5.41) is 4.41. The van der Waals surface area contributed by atoms with Gasteiger partial charge in [-0.3, -0.25) is 19.5 Å². The van der Waals surface area contributed by atoms with Crippen LogP contribution in [0.5, 0.6) is 0 Å². The highest BCUT2D eigenvalue weighted by molar-refractivity contribution is 5.95. The monoisotopic (exact) mass is 381 g/mol. The first-order valence-electron chi connectivity index (χ1n) is 10.2. The van der Waals surface area contributed by atoms with Crippen LogP contribution in [0.25, 0.3) is 0 Å². The van der Waals surface area contributed by atoms with Crippen molar-refractivity contribution in [2.24, 2.45) is 0 Å². The van der Waals surface area contributed by atoms with Gasteiger partial charge in [-0.1, -0.05) is 0 Å². The molecule has 0 unspecified atom stereocenters. The Morgan fingerprint density at radius 2 is 1.86 bits per heavy atom. The Hall–Kier alpha value is -2.70. The second kappa shape index (κ2) is 8.12. The number of pyridine rings is 1. The molecule has 148 valence electrons. The number of aryl methyl sites for hydroxylation is 2. The van der Waals surface area contributed by atoms with Crippen LogP contribution in [0.15, 0.2) is 24.4 Å². The second-order valence-corrected chi connectivity index (χ2v) is 7.68. The zero-order chi connectivity index (χ0) is 19.5. The van der Waals surface area contributed by atoms with E-state index in [1.807, 2.05) is 36.0 Å². The highest BCUT2D eigenvalue weighted by atomic mass is 16.2. The van der Waals surface area contributed by atoms with Gasteiger partial charge in [-0.05, 0) is 38.3 Å². The number of amides is 1. The maximum absolute atomic E-state index is 12.6. The van der Waals surface area contributed by atoms with Crippen molar-refractivity contribution in [1.82, 2.24) is 14.8 Å². The second-order valence-electron chi connectivity index (χ2n) is 7.68. The van der Waals surface area contributed by atoms with Crippen molar-refractivity contribution in [3.8, 4) is 0 Å². The van der Waals surface area contributed by atoms with Crippen molar-refractivity contribution in [2.45, 2.75) is 52.0 Å². The average molecular weight is 381 g/mol. The summed E-state index contributed by atoms with van der Waals surface area (Å²) in [5.41, 5.74) is 2.81. The fourth-order valence-corrected chi connectivity index (χ4v) is 4.01. The molecule has 1 saturated heterocycles. The third-order valence-electron chi connectivity index (χ3n) is 5.49. The van der Waals surface area contributed by atoms with E-state index in [0.717, 1.165) is 48.9 Å². The average Bonchev–Trinajstić information content (AvgIpc) is 3.35. The molecule has 4 rings (SSSR count). The standard InChI is InChI=1S/C21H27N5O2/c1-16-13-20-25(11-4-12-26(20)23-16)21(28)8-7-19(27)14-17-5-6-18(15-22-17)24-9-2-3-10-24/h5-6,13,15H,2-4,7-12,14H2,1H3. The van der Waals surface area contributed by atoms with Gasteiger partial charge in [0.05, 0.1) is 17.6 Å². The van der Waals surface area contributed by atoms with Crippen LogP contribution in [-0.2, 0) is 22.6 Å². The minimum atomic E-state index is -0.00783. The zero-order valence-corrected chi connectivity index (χ0v) is 16.4. The van der Waals surface area contributed by atoms with Crippen LogP contribution in [0.1, 0.15) is 43.5 Å². The summed E-state index contributed by atoms with van der Waals surface area (Å²) in [6.45, 7) is 5.62. The van der Waals surface area contributed by atoms with E-state index >= 15 is 0 Å². The molecule has 7 nitrogen and oxygen atoms in total. The molecule has 28 heavy (non-hydrogen) atoms. The zero-order valence-electron chi connectivity index (χ0n) is 16.4. The highest BCUT2D eigenvalue weighted by Crippen LogP contribution is 2.23. The maximum atomic E-state index is 12.6. The van der Waals surface area contributed by atoms with Crippen LogP contribution in [-0.4, -0.2) is 46.1 Å². The predicted octanol–water partition coefficient (Wildman–Crippen LogP) is 2.52. The Morgan fingerprint density at radius 3 is 2.61 bits per heavy atom. The lowest BCUT2D eigenvalue weighted by molar-refractivity contribution is -0.123. The molecule has 0 aliphatic carbocycles. The molecule has 0 atom stereocenters. The third-order valence-corrected chi connectivity index (χ3v) is 5.49. The molecule has 4 heterocycles. The van der Waals surface area contributed by atoms with Crippen molar-refractivity contribution in [1.29, 1.82) is 0 Å². The number of aromatic nitrogens is 3. The van der Waals surface area contributed by atoms with Crippen molar-refractivity contribution < 1.29 is 9.59 Å². The minimum Gasteiger partial charge on any atom is -0.370 e. The summed E-state index contributed by atoms with van der Waals surface area (Å²) in [5.74, 6) is 0.892. The number of Topliss-reactive ketones (excluding diaryl/α,β-unsaturated/α-hetero) is 1. The van der Waals surface area contributed by atoms with Crippen LogP contribution in [0.2, 0.25) is 0 Å². The third kappa shape index (κ3) is 4.08. The molecular formula is C21H27N5O2. The van der Waals surface area contributed by atoms with Crippen LogP contribution in [0, 0.1) is 6.92 Å². The van der Waals surface area contributed by atoms with E-state index in [9.17, 15) is 9.59 Å². The summed E-state index contributed by atoms with van der Waals surface area (Å²) >= 11 is 0. The SMILES string of the molecule is Cc1cc2n(n1)CCCN2C(=O)CCC(=O)Cc1ccc(N2CCCC2)cn1. The molecule has 1 fully saturated rings. The number of ketones is 1. The molecule has 0 bridgehead atoms. The van der Waals surface area contributed by atoms with Gasteiger partial charge in [0.15, 0.2) is 0 Å². The topological polar surface area (TPSA) is 71.3 Å². The molecule has 7 heteroatoms. The number of carbonyl (C=O) groups excluding carboxylic acids is 2. The van der Waals surface area contributed by atoms with Gasteiger partial charge in [0.1, 0.15) is 11.6 Å². The fourth-order valence-electron chi connectivity index (χ4n) is 4.01. The van der Waals surface area contributed by atoms with E-state index in [1.165, 1.54) is 12.8 Å². The van der Waals surface area contributed by atoms with Gasteiger partial charge in [0, 0.05) is 57.2 Å². The number of nitrogens with zero attached hydrogens (tertiary/aromatic N) is 5. The molecule has 0 aromatic carbocycles. The Labute approximate surface area is 165 Å². The summed E-state index contributed by atoms with van der Waals surface area (Å²) in [6.07, 6.45) is 5.96. The summed E-state index contributed by atoms with van der Waals surface area (Å²) in [4.78, 5) is 33.5. The van der Waals surface area contributed by atoms with E-state index in [-0.39, 0.29) is 31.0 Å². The van der Waals surface area contributed by atoms with Gasteiger partial charge in [-0.15, -0.1) is 0 Å². The smallest absolute Gasteiger partial charge is 0.228 e. The lowest BCUT2D eigenvalue weighted by Crippen LogP contribution is -2.37. The Balaban J connectivity index is 1.29. The van der Waals surface area contributed by atoms with Gasteiger partial charge in [-0.25, -0.2) is 4.68 Å². The first-order chi connectivity index (χ1) is 13.6. The molecule has 2 aromatic heterocycles. The largest absolute Gasteiger partial charge is 0.370 e. The van der Waals surface area contributed by atoms with Gasteiger partial charge in [0.2, 0.25) is 5.91 Å². The molecule has 0 saturated carbocycles. The van der Waals surface area contributed by atoms with Crippen molar-refractivity contribution in [3.05, 3.63) is 35.8 Å². The van der Waals surface area contributed by atoms with Gasteiger partial charge >= 0.3 is 0 Å². The van der Waals surface area contributed by atoms with Gasteiger partial charge in [0.25, 0.3) is 0 Å². The van der Waals surface area contributed by atoms with Gasteiger partial charge in [-0.2, -0.15) is 5.10 Å². The number of rotatable bonds is 6. The fraction of sp³-hybridized carbons (Fsp3) is 0.524. The van der Waals surface area contributed by atoms with E-state index in [4.69, 9.17) is 0 Å². The molecule has 0 radical (unpaired) electrons. The van der Waals surface area contributed by atoms with Crippen LogP contribution in [0.4, 0.5) is 11.5 Å². The van der Waals surface area contributed by atoms with Crippen LogP contribution in [0.3, 0.4) is 0 Å². The molecular weight excluding hydrogens is 354 g/mol. The number of anilines is 2. The number of fused-ring (bicyclic) bond motifs is 1. The molecule has 1 amide bonds. The summed E-state index contributed by atoms with van der Waals surface area (Å²) in [7, 11) is 0. The summed E-state index contributed by atoms with van der Waals surface area (Å²) < 4.78 is 1.88. The normalized spacial score (nSPS) is 16.3. The van der Waals surface area contributed by atoms with E-state index in [1.54, 1.807) is 4.90 Å². The quantitative estimate of drug-likeness (QED) is 0.769. The first kappa shape index (κ1) is 18.7. The Kier molecular flexibility index (Phi) is 5.41. The van der Waals surface area contributed by atoms with Crippen LogP contribution >= 0.6 is 0 Å². The predicted molar refractivity (Wildman–Crippen MR) is 108 cm³/mol. The molecule has 2 aliphatic heterocycles. The van der Waals surface area contributed by atoms with Crippen molar-refractivity contribution >= 4 is 23.2 Å². The Bertz CT molecular complexity index is 852. The molecule has 0 spiro atoms. The van der Waals surface area contributed by atoms with Crippen LogP contribution < -0.4 is 9.80 Å². The molecule has 0 N–H and O–H groups in total. The lowest BCUT2D eigenvalue weighted by atomic mass is 10.1. The number of hydrogen-bond donors (Lipinski definition) is 0. The van der Waals surface area contributed by atoms with Crippen molar-refractivity contribution in [2.75, 3.05) is 29.4 Å². The van der Waals surface area contributed by atoms with Crippen molar-refractivity contribution in [3.63, 3.8) is 0 Å². The minimum absolute atomic E-state index is 0.00783. The number of carbonyl (C=O) groups is 2. The number of hydrogen-bond acceptors (Lipinski definition) is 5. The summed E-state index contributed by atoms with van der Waals surface area (Å²) in [6, 6.07) is 5.91. The van der Waals surface area contributed by atoms with E-state index < -0.39 is 0 Å². The highest BCUT2D eigenvalue weighted by Gasteiger charge is 2.24. The van der Waals surface area contributed by atoms with Gasteiger partial charge < -0.3 is 4.90 Å². The maximum Gasteiger partial charge on any atom is 0.228 e. The first-order valence-corrected chi connectivity index (χ1v) is 10.2. The molecule has 2 aromatic rings.